The second kappa shape index (κ2) is 4.48. The number of amides is 1. The van der Waals surface area contributed by atoms with Crippen LogP contribution in [0.5, 0.6) is 0 Å². The number of pyridine rings is 1. The van der Waals surface area contributed by atoms with Crippen LogP contribution < -0.4 is 5.73 Å². The van der Waals surface area contributed by atoms with Crippen LogP contribution in [0.2, 0.25) is 0 Å². The third kappa shape index (κ3) is 2.14. The number of thioether (sulfide) groups is 1. The first-order valence-electron chi connectivity index (χ1n) is 7.57. The zero-order valence-electron chi connectivity index (χ0n) is 11.5. The molecule has 4 saturated carbocycles. The summed E-state index contributed by atoms with van der Waals surface area (Å²) in [6.07, 6.45) is 10.1. The van der Waals surface area contributed by atoms with Crippen LogP contribution >= 0.6 is 11.8 Å². The van der Waals surface area contributed by atoms with E-state index in [1.54, 1.807) is 12.3 Å². The molecule has 5 rings (SSSR count). The Hall–Kier alpha value is -1.03. The third-order valence-electron chi connectivity index (χ3n) is 5.32. The van der Waals surface area contributed by atoms with E-state index in [4.69, 9.17) is 5.73 Å². The fraction of sp³-hybridized carbons (Fsp3) is 0.625. The highest BCUT2D eigenvalue weighted by Gasteiger charge is 2.51. The van der Waals surface area contributed by atoms with Gasteiger partial charge in [0.25, 0.3) is 0 Å². The highest BCUT2D eigenvalue weighted by molar-refractivity contribution is 8.00. The molecule has 1 amide bonds. The van der Waals surface area contributed by atoms with Gasteiger partial charge in [-0.2, -0.15) is 0 Å². The summed E-state index contributed by atoms with van der Waals surface area (Å²) in [6.45, 7) is 0. The van der Waals surface area contributed by atoms with Gasteiger partial charge in [0.05, 0.1) is 10.6 Å². The number of hydrogen-bond acceptors (Lipinski definition) is 3. The molecule has 2 N–H and O–H groups in total. The Kier molecular flexibility index (Phi) is 2.85. The van der Waals surface area contributed by atoms with Crippen molar-refractivity contribution in [3.05, 3.63) is 23.9 Å². The molecule has 0 saturated heterocycles. The minimum absolute atomic E-state index is 0.399. The van der Waals surface area contributed by atoms with E-state index in [-0.39, 0.29) is 0 Å². The molecule has 20 heavy (non-hydrogen) atoms. The summed E-state index contributed by atoms with van der Waals surface area (Å²) in [5, 5.41) is 1.05. The van der Waals surface area contributed by atoms with Gasteiger partial charge in [0.15, 0.2) is 0 Å². The average molecular weight is 288 g/mol. The van der Waals surface area contributed by atoms with Crippen LogP contribution in [-0.4, -0.2) is 15.6 Å². The lowest BCUT2D eigenvalue weighted by molar-refractivity contribution is 0.0383. The number of hydrogen-bond donors (Lipinski definition) is 1. The summed E-state index contributed by atoms with van der Waals surface area (Å²) in [5.74, 6) is 2.47. The standard InChI is InChI=1S/C16H20N2OS/c17-15(19)13-1-2-14(18-9-13)20-16-6-10-3-11(7-16)5-12(4-10)8-16/h1-2,9-12H,3-8H2,(H2,17,19). The maximum atomic E-state index is 11.1. The molecule has 0 aliphatic heterocycles. The molecule has 4 bridgehead atoms. The first-order valence-corrected chi connectivity index (χ1v) is 8.38. The largest absolute Gasteiger partial charge is 0.366 e. The Morgan fingerprint density at radius 1 is 1.15 bits per heavy atom. The van der Waals surface area contributed by atoms with Crippen molar-refractivity contribution < 1.29 is 4.79 Å². The monoisotopic (exact) mass is 288 g/mol. The highest BCUT2D eigenvalue weighted by atomic mass is 32.2. The van der Waals surface area contributed by atoms with Crippen molar-refractivity contribution in [1.82, 2.24) is 4.98 Å². The van der Waals surface area contributed by atoms with Gasteiger partial charge in [-0.1, -0.05) is 11.8 Å². The number of carbonyl (C=O) groups excluding carboxylic acids is 1. The fourth-order valence-electron chi connectivity index (χ4n) is 4.96. The number of carbonyl (C=O) groups is 1. The van der Waals surface area contributed by atoms with E-state index in [0.717, 1.165) is 22.8 Å². The van der Waals surface area contributed by atoms with Crippen molar-refractivity contribution >= 4 is 17.7 Å². The van der Waals surface area contributed by atoms with Gasteiger partial charge >= 0.3 is 0 Å². The molecule has 1 heterocycles. The molecule has 1 aromatic rings. The maximum Gasteiger partial charge on any atom is 0.250 e. The van der Waals surface area contributed by atoms with Crippen molar-refractivity contribution in [2.75, 3.05) is 0 Å². The van der Waals surface area contributed by atoms with Gasteiger partial charge < -0.3 is 5.73 Å². The topological polar surface area (TPSA) is 56.0 Å². The zero-order chi connectivity index (χ0) is 13.7. The summed E-state index contributed by atoms with van der Waals surface area (Å²) in [5.41, 5.74) is 5.77. The zero-order valence-corrected chi connectivity index (χ0v) is 12.4. The summed E-state index contributed by atoms with van der Waals surface area (Å²) in [7, 11) is 0. The molecule has 0 atom stereocenters. The van der Waals surface area contributed by atoms with E-state index in [9.17, 15) is 4.79 Å². The van der Waals surface area contributed by atoms with Crippen LogP contribution in [0.15, 0.2) is 23.4 Å². The van der Waals surface area contributed by atoms with Crippen LogP contribution in [0.25, 0.3) is 0 Å². The molecule has 4 aliphatic carbocycles. The molecule has 106 valence electrons. The van der Waals surface area contributed by atoms with Crippen LogP contribution in [0.3, 0.4) is 0 Å². The van der Waals surface area contributed by atoms with E-state index in [0.29, 0.717) is 10.3 Å². The number of nitrogens with zero attached hydrogens (tertiary/aromatic N) is 1. The first-order chi connectivity index (χ1) is 9.62. The second-order valence-corrected chi connectivity index (χ2v) is 8.44. The predicted molar refractivity (Wildman–Crippen MR) is 79.5 cm³/mol. The average Bonchev–Trinajstić information content (AvgIpc) is 2.37. The third-order valence-corrected chi connectivity index (χ3v) is 6.71. The first kappa shape index (κ1) is 12.7. The predicted octanol–water partition coefficient (Wildman–Crippen LogP) is 3.24. The Balaban J connectivity index is 1.55. The Bertz CT molecular complexity index is 505. The second-order valence-electron chi connectivity index (χ2n) is 6.95. The lowest BCUT2D eigenvalue weighted by atomic mass is 9.56. The van der Waals surface area contributed by atoms with Crippen LogP contribution in [0.4, 0.5) is 0 Å². The van der Waals surface area contributed by atoms with Crippen molar-refractivity contribution in [3.63, 3.8) is 0 Å². The van der Waals surface area contributed by atoms with Crippen LogP contribution in [-0.2, 0) is 0 Å². The van der Waals surface area contributed by atoms with Gasteiger partial charge in [-0.3, -0.25) is 4.79 Å². The fourth-order valence-corrected chi connectivity index (χ4v) is 6.61. The van der Waals surface area contributed by atoms with Gasteiger partial charge in [-0.15, -0.1) is 0 Å². The minimum Gasteiger partial charge on any atom is -0.366 e. The lowest BCUT2D eigenvalue weighted by Gasteiger charge is -2.56. The molecule has 4 heteroatoms. The van der Waals surface area contributed by atoms with Gasteiger partial charge in [-0.25, -0.2) is 4.98 Å². The molecule has 0 unspecified atom stereocenters. The van der Waals surface area contributed by atoms with E-state index in [2.05, 4.69) is 4.98 Å². The normalized spacial score (nSPS) is 38.1. The van der Waals surface area contributed by atoms with Gasteiger partial charge in [0.1, 0.15) is 0 Å². The maximum absolute atomic E-state index is 11.1. The summed E-state index contributed by atoms with van der Waals surface area (Å²) in [4.78, 5) is 15.5. The van der Waals surface area contributed by atoms with Crippen molar-refractivity contribution in [2.24, 2.45) is 23.5 Å². The highest BCUT2D eigenvalue weighted by Crippen LogP contribution is 2.61. The Morgan fingerprint density at radius 2 is 1.75 bits per heavy atom. The van der Waals surface area contributed by atoms with E-state index in [1.165, 1.54) is 38.5 Å². The van der Waals surface area contributed by atoms with Crippen molar-refractivity contribution in [3.8, 4) is 0 Å². The van der Waals surface area contributed by atoms with Gasteiger partial charge in [0.2, 0.25) is 5.91 Å². The van der Waals surface area contributed by atoms with Crippen molar-refractivity contribution in [2.45, 2.75) is 48.3 Å². The van der Waals surface area contributed by atoms with E-state index >= 15 is 0 Å². The van der Waals surface area contributed by atoms with Gasteiger partial charge in [-0.05, 0) is 68.4 Å². The molecule has 4 aliphatic rings. The van der Waals surface area contributed by atoms with Crippen LogP contribution in [0.1, 0.15) is 48.9 Å². The van der Waals surface area contributed by atoms with Gasteiger partial charge in [0, 0.05) is 10.9 Å². The number of aromatic nitrogens is 1. The molecule has 4 fully saturated rings. The van der Waals surface area contributed by atoms with Crippen molar-refractivity contribution in [1.29, 1.82) is 0 Å². The quantitative estimate of drug-likeness (QED) is 0.929. The number of primary amides is 1. The van der Waals surface area contributed by atoms with Crippen LogP contribution in [0, 0.1) is 17.8 Å². The Labute approximate surface area is 123 Å². The smallest absolute Gasteiger partial charge is 0.250 e. The molecular weight excluding hydrogens is 268 g/mol. The number of nitrogens with two attached hydrogens (primary N) is 1. The van der Waals surface area contributed by atoms with E-state index < -0.39 is 5.91 Å². The molecular formula is C16H20N2OS. The summed E-state index contributed by atoms with van der Waals surface area (Å²) in [6, 6.07) is 3.77. The lowest BCUT2D eigenvalue weighted by Crippen LogP contribution is -2.48. The molecule has 1 aromatic heterocycles. The molecule has 0 radical (unpaired) electrons. The Morgan fingerprint density at radius 3 is 2.20 bits per heavy atom. The minimum atomic E-state index is -0.399. The van der Waals surface area contributed by atoms with E-state index in [1.807, 2.05) is 17.8 Å². The molecule has 3 nitrogen and oxygen atoms in total. The SMILES string of the molecule is NC(=O)c1ccc(SC23CC4CC(CC(C4)C2)C3)nc1. The summed E-state index contributed by atoms with van der Waals surface area (Å²) >= 11 is 1.96. The summed E-state index contributed by atoms with van der Waals surface area (Å²) < 4.78 is 0.427. The number of rotatable bonds is 3. The molecule has 0 spiro atoms. The molecule has 0 aromatic carbocycles.